The Hall–Kier alpha value is -2.71. The fourth-order valence-electron chi connectivity index (χ4n) is 3.07. The topological polar surface area (TPSA) is 90.0 Å². The zero-order valence-electron chi connectivity index (χ0n) is 16.1. The van der Waals surface area contributed by atoms with E-state index in [9.17, 15) is 18.0 Å². The van der Waals surface area contributed by atoms with Crippen molar-refractivity contribution in [1.82, 2.24) is 4.90 Å². The first kappa shape index (κ1) is 21.0. The van der Waals surface area contributed by atoms with Crippen molar-refractivity contribution in [3.05, 3.63) is 65.7 Å². The molecule has 0 saturated carbocycles. The molecule has 1 fully saturated rings. The van der Waals surface area contributed by atoms with Crippen molar-refractivity contribution in [3.8, 4) is 0 Å². The molecule has 1 aliphatic heterocycles. The van der Waals surface area contributed by atoms with Gasteiger partial charge in [0, 0.05) is 18.7 Å². The number of carbonyl (C=O) groups is 2. The van der Waals surface area contributed by atoms with Crippen molar-refractivity contribution in [3.63, 3.8) is 0 Å². The van der Waals surface area contributed by atoms with E-state index in [2.05, 4.69) is 0 Å². The Morgan fingerprint density at radius 2 is 1.66 bits per heavy atom. The van der Waals surface area contributed by atoms with E-state index in [1.165, 1.54) is 19.1 Å². The minimum atomic E-state index is -3.63. The van der Waals surface area contributed by atoms with Crippen molar-refractivity contribution >= 4 is 21.7 Å². The molecule has 0 radical (unpaired) electrons. The van der Waals surface area contributed by atoms with E-state index in [-0.39, 0.29) is 22.1 Å². The lowest BCUT2D eigenvalue weighted by molar-refractivity contribution is -0.145. The first-order valence-electron chi connectivity index (χ1n) is 9.38. The second-order valence-electron chi connectivity index (χ2n) is 6.53. The number of morpholine rings is 1. The van der Waals surface area contributed by atoms with E-state index in [0.717, 1.165) is 0 Å². The number of sulfone groups is 1. The highest BCUT2D eigenvalue weighted by Gasteiger charge is 2.32. The molecule has 1 heterocycles. The fourth-order valence-corrected chi connectivity index (χ4v) is 4.15. The van der Waals surface area contributed by atoms with E-state index >= 15 is 0 Å². The number of ether oxygens (including phenoxy) is 2. The van der Waals surface area contributed by atoms with Gasteiger partial charge in [-0.1, -0.05) is 49.4 Å². The predicted octanol–water partition coefficient (Wildman–Crippen LogP) is 2.24. The van der Waals surface area contributed by atoms with E-state index < -0.39 is 21.9 Å². The van der Waals surface area contributed by atoms with E-state index in [1.807, 2.05) is 0 Å². The predicted molar refractivity (Wildman–Crippen MR) is 106 cm³/mol. The third-order valence-electron chi connectivity index (χ3n) is 4.70. The summed E-state index contributed by atoms with van der Waals surface area (Å²) >= 11 is 0. The Morgan fingerprint density at radius 3 is 2.31 bits per heavy atom. The molecule has 1 aliphatic rings. The van der Waals surface area contributed by atoms with Gasteiger partial charge in [-0.25, -0.2) is 13.2 Å². The summed E-state index contributed by atoms with van der Waals surface area (Å²) in [5.41, 5.74) is 0.443. The van der Waals surface area contributed by atoms with Gasteiger partial charge in [-0.3, -0.25) is 4.79 Å². The third-order valence-corrected chi connectivity index (χ3v) is 6.48. The number of esters is 1. The highest BCUT2D eigenvalue weighted by Crippen LogP contribution is 2.25. The Morgan fingerprint density at radius 1 is 1.03 bits per heavy atom. The van der Waals surface area contributed by atoms with E-state index in [1.54, 1.807) is 47.4 Å². The summed E-state index contributed by atoms with van der Waals surface area (Å²) in [5.74, 6) is -1.36. The Bertz CT molecular complexity index is 968. The lowest BCUT2D eigenvalue weighted by Crippen LogP contribution is -2.44. The maximum absolute atomic E-state index is 13.1. The molecule has 1 atom stereocenters. The summed E-state index contributed by atoms with van der Waals surface area (Å²) in [4.78, 5) is 27.5. The van der Waals surface area contributed by atoms with Gasteiger partial charge in [0.25, 0.3) is 5.91 Å². The highest BCUT2D eigenvalue weighted by molar-refractivity contribution is 7.91. The number of hydrogen-bond acceptors (Lipinski definition) is 6. The molecule has 0 unspecified atom stereocenters. The molecule has 0 N–H and O–H groups in total. The van der Waals surface area contributed by atoms with Crippen LogP contribution in [0.25, 0.3) is 0 Å². The van der Waals surface area contributed by atoms with E-state index in [4.69, 9.17) is 9.47 Å². The van der Waals surface area contributed by atoms with Crippen molar-refractivity contribution < 1.29 is 27.5 Å². The molecule has 29 heavy (non-hydrogen) atoms. The average Bonchev–Trinajstić information content (AvgIpc) is 2.78. The van der Waals surface area contributed by atoms with Gasteiger partial charge in [-0.05, 0) is 12.1 Å². The number of carbonyl (C=O) groups excluding carboxylic acids is 2. The molecule has 0 aliphatic carbocycles. The smallest absolute Gasteiger partial charge is 0.340 e. The van der Waals surface area contributed by atoms with Crippen LogP contribution in [0.4, 0.5) is 0 Å². The van der Waals surface area contributed by atoms with Gasteiger partial charge in [-0.2, -0.15) is 0 Å². The Balaban J connectivity index is 1.93. The molecule has 0 aromatic heterocycles. The highest BCUT2D eigenvalue weighted by atomic mass is 32.2. The number of amides is 1. The Kier molecular flexibility index (Phi) is 6.66. The quantitative estimate of drug-likeness (QED) is 0.670. The normalized spacial score (nSPS) is 15.6. The maximum atomic E-state index is 13.1. The molecular formula is C21H23NO6S. The van der Waals surface area contributed by atoms with Crippen LogP contribution in [0.2, 0.25) is 0 Å². The van der Waals surface area contributed by atoms with Crippen molar-refractivity contribution in [2.45, 2.75) is 17.9 Å². The molecule has 0 spiro atoms. The molecular weight excluding hydrogens is 394 g/mol. The van der Waals surface area contributed by atoms with E-state index in [0.29, 0.717) is 31.9 Å². The van der Waals surface area contributed by atoms with Crippen molar-refractivity contribution in [2.24, 2.45) is 0 Å². The summed E-state index contributed by atoms with van der Waals surface area (Å²) in [6.45, 7) is 3.14. The zero-order chi connectivity index (χ0) is 20.9. The molecule has 1 amide bonds. The maximum Gasteiger partial charge on any atom is 0.340 e. The minimum Gasteiger partial charge on any atom is -0.444 e. The van der Waals surface area contributed by atoms with Gasteiger partial charge in [0.1, 0.15) is 0 Å². The van der Waals surface area contributed by atoms with Gasteiger partial charge < -0.3 is 14.4 Å². The van der Waals surface area contributed by atoms with Crippen molar-refractivity contribution in [2.75, 3.05) is 32.1 Å². The summed E-state index contributed by atoms with van der Waals surface area (Å²) in [6, 6.07) is 14.6. The lowest BCUT2D eigenvalue weighted by atomic mass is 10.1. The van der Waals surface area contributed by atoms with Gasteiger partial charge in [0.15, 0.2) is 9.84 Å². The SMILES string of the molecule is CCS(=O)(=O)c1ccccc1C(=O)O[C@@H](C(=O)N1CCOCC1)c1ccccc1. The van der Waals surface area contributed by atoms with Crippen LogP contribution < -0.4 is 0 Å². The van der Waals surface area contributed by atoms with Crippen LogP contribution in [0.15, 0.2) is 59.5 Å². The summed E-state index contributed by atoms with van der Waals surface area (Å²) < 4.78 is 35.6. The van der Waals surface area contributed by atoms with Gasteiger partial charge in [0.2, 0.25) is 6.10 Å². The number of rotatable bonds is 6. The molecule has 0 bridgehead atoms. The molecule has 154 valence electrons. The number of benzene rings is 2. The molecule has 8 heteroatoms. The number of nitrogens with zero attached hydrogens (tertiary/aromatic N) is 1. The van der Waals surface area contributed by atoms with Gasteiger partial charge in [0.05, 0.1) is 29.4 Å². The summed E-state index contributed by atoms with van der Waals surface area (Å²) in [7, 11) is -3.63. The van der Waals surface area contributed by atoms with Gasteiger partial charge >= 0.3 is 5.97 Å². The minimum absolute atomic E-state index is 0.0786. The molecule has 7 nitrogen and oxygen atoms in total. The van der Waals surface area contributed by atoms with Crippen molar-refractivity contribution in [1.29, 1.82) is 0 Å². The largest absolute Gasteiger partial charge is 0.444 e. The first-order valence-corrected chi connectivity index (χ1v) is 11.0. The standard InChI is InChI=1S/C21H23NO6S/c1-2-29(25,26)18-11-7-6-10-17(18)21(24)28-19(16-8-4-3-5-9-16)20(23)22-12-14-27-15-13-22/h3-11,19H,2,12-15H2,1H3/t19-/m1/s1. The van der Waals surface area contributed by atoms with Crippen LogP contribution in [0, 0.1) is 0 Å². The average molecular weight is 417 g/mol. The van der Waals surface area contributed by atoms with Crippen LogP contribution >= 0.6 is 0 Å². The molecule has 1 saturated heterocycles. The van der Waals surface area contributed by atoms with Crippen LogP contribution in [0.3, 0.4) is 0 Å². The fraction of sp³-hybridized carbons (Fsp3) is 0.333. The molecule has 2 aromatic carbocycles. The number of hydrogen-bond donors (Lipinski definition) is 0. The lowest BCUT2D eigenvalue weighted by Gasteiger charge is -2.30. The van der Waals surface area contributed by atoms with Crippen LogP contribution in [0.1, 0.15) is 28.9 Å². The first-order chi connectivity index (χ1) is 13.9. The van der Waals surface area contributed by atoms with Crippen LogP contribution in [-0.2, 0) is 24.1 Å². The molecule has 3 rings (SSSR count). The summed E-state index contributed by atoms with van der Waals surface area (Å²) in [5, 5.41) is 0. The summed E-state index contributed by atoms with van der Waals surface area (Å²) in [6.07, 6.45) is -1.17. The third kappa shape index (κ3) is 4.83. The van der Waals surface area contributed by atoms with Gasteiger partial charge in [-0.15, -0.1) is 0 Å². The Labute approximate surface area is 170 Å². The monoisotopic (exact) mass is 417 g/mol. The molecule has 2 aromatic rings. The second kappa shape index (κ2) is 9.19. The van der Waals surface area contributed by atoms with Crippen LogP contribution in [0.5, 0.6) is 0 Å². The zero-order valence-corrected chi connectivity index (χ0v) is 16.9. The van der Waals surface area contributed by atoms with Crippen LogP contribution in [-0.4, -0.2) is 57.3 Å². The second-order valence-corrected chi connectivity index (χ2v) is 8.78.